The van der Waals surface area contributed by atoms with Crippen LogP contribution in [0.1, 0.15) is 42.5 Å². The summed E-state index contributed by atoms with van der Waals surface area (Å²) < 4.78 is 22.6. The Labute approximate surface area is 123 Å². The molecule has 0 bridgehead atoms. The average Bonchev–Trinajstić information content (AvgIpc) is 2.39. The van der Waals surface area contributed by atoms with Gasteiger partial charge in [0.05, 0.1) is 15.5 Å². The van der Waals surface area contributed by atoms with Crippen molar-refractivity contribution in [3.05, 3.63) is 28.8 Å². The van der Waals surface area contributed by atoms with E-state index in [9.17, 15) is 13.2 Å². The second-order valence-corrected chi connectivity index (χ2v) is 6.96. The van der Waals surface area contributed by atoms with Gasteiger partial charge in [0.1, 0.15) is 0 Å². The first-order valence-electron chi connectivity index (χ1n) is 6.51. The molecule has 1 fully saturated rings. The maximum absolute atomic E-state index is 12.2. The molecule has 3 N–H and O–H groups in total. The highest BCUT2D eigenvalue weighted by Gasteiger charge is 2.20. The molecule has 2 rings (SSSR count). The number of hydrogen-bond donors (Lipinski definition) is 2. The highest BCUT2D eigenvalue weighted by atomic mass is 35.5. The lowest BCUT2D eigenvalue weighted by molar-refractivity contribution is 0.0927. The lowest BCUT2D eigenvalue weighted by Crippen LogP contribution is -2.36. The van der Waals surface area contributed by atoms with Crippen LogP contribution in [0, 0.1) is 0 Å². The minimum Gasteiger partial charge on any atom is -0.349 e. The summed E-state index contributed by atoms with van der Waals surface area (Å²) in [5.74, 6) is -0.354. The van der Waals surface area contributed by atoms with E-state index >= 15 is 0 Å². The molecule has 0 unspecified atom stereocenters. The number of amides is 1. The zero-order valence-electron chi connectivity index (χ0n) is 10.9. The van der Waals surface area contributed by atoms with E-state index in [0.717, 1.165) is 25.7 Å². The topological polar surface area (TPSA) is 89.3 Å². The first kappa shape index (κ1) is 15.3. The van der Waals surface area contributed by atoms with Crippen molar-refractivity contribution in [1.82, 2.24) is 5.32 Å². The van der Waals surface area contributed by atoms with Crippen molar-refractivity contribution < 1.29 is 13.2 Å². The van der Waals surface area contributed by atoms with Crippen LogP contribution in [0.5, 0.6) is 0 Å². The molecule has 1 aromatic carbocycles. The number of primary sulfonamides is 1. The monoisotopic (exact) mass is 316 g/mol. The van der Waals surface area contributed by atoms with Crippen LogP contribution in [-0.4, -0.2) is 20.4 Å². The molecule has 1 amide bonds. The molecule has 1 aliphatic rings. The van der Waals surface area contributed by atoms with Gasteiger partial charge in [-0.1, -0.05) is 30.9 Å². The number of sulfonamides is 1. The van der Waals surface area contributed by atoms with E-state index in [-0.39, 0.29) is 27.4 Å². The maximum Gasteiger partial charge on any atom is 0.253 e. The summed E-state index contributed by atoms with van der Waals surface area (Å²) in [5, 5.41) is 8.17. The Hall–Kier alpha value is -1.11. The van der Waals surface area contributed by atoms with Crippen molar-refractivity contribution in [1.29, 1.82) is 0 Å². The van der Waals surface area contributed by atoms with Gasteiger partial charge < -0.3 is 5.32 Å². The zero-order valence-corrected chi connectivity index (χ0v) is 12.5. The smallest absolute Gasteiger partial charge is 0.253 e. The maximum atomic E-state index is 12.2. The second kappa shape index (κ2) is 6.11. The van der Waals surface area contributed by atoms with Crippen LogP contribution in [0.3, 0.4) is 0 Å². The van der Waals surface area contributed by atoms with E-state index in [1.165, 1.54) is 24.6 Å². The highest BCUT2D eigenvalue weighted by Crippen LogP contribution is 2.22. The third-order valence-corrected chi connectivity index (χ3v) is 4.69. The van der Waals surface area contributed by atoms with Crippen molar-refractivity contribution in [3.63, 3.8) is 0 Å². The molecule has 0 aromatic heterocycles. The molecule has 5 nitrogen and oxygen atoms in total. The van der Waals surface area contributed by atoms with Gasteiger partial charge >= 0.3 is 0 Å². The predicted molar refractivity (Wildman–Crippen MR) is 77.2 cm³/mol. The Morgan fingerprint density at radius 3 is 2.50 bits per heavy atom. The van der Waals surface area contributed by atoms with Crippen LogP contribution in [0.15, 0.2) is 23.1 Å². The van der Waals surface area contributed by atoms with Crippen molar-refractivity contribution in [2.45, 2.75) is 43.0 Å². The Morgan fingerprint density at radius 2 is 1.90 bits per heavy atom. The molecule has 1 aromatic rings. The van der Waals surface area contributed by atoms with Gasteiger partial charge in [-0.15, -0.1) is 0 Å². The predicted octanol–water partition coefficient (Wildman–Crippen LogP) is 2.05. The minimum absolute atomic E-state index is 0.115. The number of rotatable bonds is 3. The minimum atomic E-state index is -3.85. The van der Waals surface area contributed by atoms with Gasteiger partial charge in [0.2, 0.25) is 10.0 Å². The number of hydrogen-bond acceptors (Lipinski definition) is 3. The summed E-state index contributed by atoms with van der Waals surface area (Å²) >= 11 is 5.96. The van der Waals surface area contributed by atoms with Gasteiger partial charge in [-0.25, -0.2) is 13.6 Å². The first-order chi connectivity index (χ1) is 9.38. The third kappa shape index (κ3) is 3.71. The molecule has 1 saturated carbocycles. The summed E-state index contributed by atoms with van der Waals surface area (Å²) in [5.41, 5.74) is 0.142. The summed E-state index contributed by atoms with van der Waals surface area (Å²) in [7, 11) is -3.85. The van der Waals surface area contributed by atoms with E-state index in [1.54, 1.807) is 0 Å². The number of carbonyl (C=O) groups excluding carboxylic acids is 1. The molecular formula is C13H17ClN2O3S. The SMILES string of the molecule is NS(=O)(=O)c1ccc(Cl)c(C(=O)NC2CCCCC2)c1. The van der Waals surface area contributed by atoms with E-state index in [0.29, 0.717) is 0 Å². The molecule has 0 atom stereocenters. The van der Waals surface area contributed by atoms with Gasteiger partial charge in [0, 0.05) is 6.04 Å². The quantitative estimate of drug-likeness (QED) is 0.894. The lowest BCUT2D eigenvalue weighted by atomic mass is 9.95. The molecular weight excluding hydrogens is 300 g/mol. The van der Waals surface area contributed by atoms with Gasteiger partial charge in [-0.3, -0.25) is 4.79 Å². The standard InChI is InChI=1S/C13H17ClN2O3S/c14-12-7-6-10(20(15,18)19)8-11(12)13(17)16-9-4-2-1-3-5-9/h6-9H,1-5H2,(H,16,17)(H2,15,18,19). The molecule has 7 heteroatoms. The highest BCUT2D eigenvalue weighted by molar-refractivity contribution is 7.89. The van der Waals surface area contributed by atoms with Crippen molar-refractivity contribution in [2.75, 3.05) is 0 Å². The van der Waals surface area contributed by atoms with E-state index < -0.39 is 10.0 Å². The van der Waals surface area contributed by atoms with Crippen molar-refractivity contribution in [3.8, 4) is 0 Å². The van der Waals surface area contributed by atoms with E-state index in [2.05, 4.69) is 5.32 Å². The Bertz CT molecular complexity index is 610. The number of halogens is 1. The zero-order chi connectivity index (χ0) is 14.8. The van der Waals surface area contributed by atoms with Crippen LogP contribution >= 0.6 is 11.6 Å². The van der Waals surface area contributed by atoms with Gasteiger partial charge in [-0.05, 0) is 31.0 Å². The van der Waals surface area contributed by atoms with Gasteiger partial charge in [0.15, 0.2) is 0 Å². The fourth-order valence-corrected chi connectivity index (χ4v) is 3.11. The summed E-state index contributed by atoms with van der Waals surface area (Å²) in [6.45, 7) is 0. The lowest BCUT2D eigenvalue weighted by Gasteiger charge is -2.23. The van der Waals surface area contributed by atoms with E-state index in [1.807, 2.05) is 0 Å². The van der Waals surface area contributed by atoms with Crippen LogP contribution in [0.2, 0.25) is 5.02 Å². The van der Waals surface area contributed by atoms with Crippen LogP contribution < -0.4 is 10.5 Å². The number of nitrogens with two attached hydrogens (primary N) is 1. The molecule has 0 spiro atoms. The number of benzene rings is 1. The molecule has 0 aliphatic heterocycles. The van der Waals surface area contributed by atoms with Crippen LogP contribution in [0.4, 0.5) is 0 Å². The summed E-state index contributed by atoms with van der Waals surface area (Å²) in [4.78, 5) is 12.1. The van der Waals surface area contributed by atoms with Crippen molar-refractivity contribution >= 4 is 27.5 Å². The fraction of sp³-hybridized carbons (Fsp3) is 0.462. The fourth-order valence-electron chi connectivity index (χ4n) is 2.37. The van der Waals surface area contributed by atoms with Gasteiger partial charge in [-0.2, -0.15) is 0 Å². The Morgan fingerprint density at radius 1 is 1.25 bits per heavy atom. The normalized spacial score (nSPS) is 16.9. The largest absolute Gasteiger partial charge is 0.349 e. The molecule has 0 radical (unpaired) electrons. The summed E-state index contributed by atoms with van der Waals surface area (Å²) in [6.07, 6.45) is 5.26. The third-order valence-electron chi connectivity index (χ3n) is 3.45. The number of carbonyl (C=O) groups is 1. The van der Waals surface area contributed by atoms with Crippen molar-refractivity contribution in [2.24, 2.45) is 5.14 Å². The molecule has 20 heavy (non-hydrogen) atoms. The summed E-state index contributed by atoms with van der Waals surface area (Å²) in [6, 6.07) is 4.01. The second-order valence-electron chi connectivity index (χ2n) is 5.00. The Balaban J connectivity index is 2.20. The van der Waals surface area contributed by atoms with Gasteiger partial charge in [0.25, 0.3) is 5.91 Å². The molecule has 110 valence electrons. The molecule has 0 heterocycles. The van der Waals surface area contributed by atoms with Crippen LogP contribution in [0.25, 0.3) is 0 Å². The average molecular weight is 317 g/mol. The molecule has 1 aliphatic carbocycles. The van der Waals surface area contributed by atoms with Crippen LogP contribution in [-0.2, 0) is 10.0 Å². The van der Waals surface area contributed by atoms with E-state index in [4.69, 9.17) is 16.7 Å². The first-order valence-corrected chi connectivity index (χ1v) is 8.43. The Kier molecular flexibility index (Phi) is 4.67. The molecule has 0 saturated heterocycles. The number of nitrogens with one attached hydrogen (secondary N) is 1.